The molecule has 0 unspecified atom stereocenters. The summed E-state index contributed by atoms with van der Waals surface area (Å²) in [6, 6.07) is 2.03. The third kappa shape index (κ3) is 1.27. The van der Waals surface area contributed by atoms with E-state index in [2.05, 4.69) is 24.3 Å². The van der Waals surface area contributed by atoms with E-state index in [0.717, 1.165) is 33.6 Å². The van der Waals surface area contributed by atoms with Crippen LogP contribution in [0.1, 0.15) is 18.2 Å². The number of anilines is 1. The minimum Gasteiger partial charge on any atom is -0.322 e. The Morgan fingerprint density at radius 3 is 3.00 bits per heavy atom. The molecule has 3 N–H and O–H groups in total. The first-order valence-electron chi connectivity index (χ1n) is 4.61. The lowest BCUT2D eigenvalue weighted by Crippen LogP contribution is -2.10. The second kappa shape index (κ2) is 3.55. The van der Waals surface area contributed by atoms with Crippen LogP contribution in [-0.2, 0) is 6.42 Å². The van der Waals surface area contributed by atoms with E-state index in [9.17, 15) is 0 Å². The SMILES string of the molecule is CCc1nc2ccsc2c(NN)c1C. The summed E-state index contributed by atoms with van der Waals surface area (Å²) in [7, 11) is 0. The van der Waals surface area contributed by atoms with Crippen LogP contribution in [0, 0.1) is 6.92 Å². The fraction of sp³-hybridized carbons (Fsp3) is 0.300. The molecule has 14 heavy (non-hydrogen) atoms. The van der Waals surface area contributed by atoms with Crippen molar-refractivity contribution >= 4 is 27.2 Å². The van der Waals surface area contributed by atoms with Gasteiger partial charge in [-0.15, -0.1) is 11.3 Å². The highest BCUT2D eigenvalue weighted by Crippen LogP contribution is 2.31. The fourth-order valence-electron chi connectivity index (χ4n) is 1.64. The van der Waals surface area contributed by atoms with Gasteiger partial charge in [0.15, 0.2) is 0 Å². The Morgan fingerprint density at radius 1 is 1.57 bits per heavy atom. The number of rotatable bonds is 2. The quantitative estimate of drug-likeness (QED) is 0.587. The maximum Gasteiger partial charge on any atom is 0.0834 e. The lowest BCUT2D eigenvalue weighted by atomic mass is 10.1. The van der Waals surface area contributed by atoms with Crippen LogP contribution in [0.2, 0.25) is 0 Å². The first-order valence-corrected chi connectivity index (χ1v) is 5.49. The van der Waals surface area contributed by atoms with Gasteiger partial charge in [0, 0.05) is 5.69 Å². The van der Waals surface area contributed by atoms with Gasteiger partial charge in [0.25, 0.3) is 0 Å². The maximum atomic E-state index is 5.53. The molecule has 0 saturated carbocycles. The van der Waals surface area contributed by atoms with Crippen LogP contribution >= 0.6 is 11.3 Å². The molecular weight excluding hydrogens is 194 g/mol. The summed E-state index contributed by atoms with van der Waals surface area (Å²) < 4.78 is 1.14. The van der Waals surface area contributed by atoms with E-state index >= 15 is 0 Å². The molecule has 0 bridgehead atoms. The average molecular weight is 207 g/mol. The van der Waals surface area contributed by atoms with Gasteiger partial charge in [-0.2, -0.15) is 0 Å². The van der Waals surface area contributed by atoms with Crippen molar-refractivity contribution in [1.82, 2.24) is 4.98 Å². The Labute approximate surface area is 86.9 Å². The number of pyridine rings is 1. The predicted octanol–water partition coefficient (Wildman–Crippen LogP) is 2.45. The minimum absolute atomic E-state index is 0.937. The molecule has 0 radical (unpaired) electrons. The summed E-state index contributed by atoms with van der Waals surface area (Å²) in [4.78, 5) is 4.58. The van der Waals surface area contributed by atoms with Gasteiger partial charge in [-0.3, -0.25) is 10.8 Å². The predicted molar refractivity (Wildman–Crippen MR) is 61.5 cm³/mol. The van der Waals surface area contributed by atoms with Gasteiger partial charge >= 0.3 is 0 Å². The topological polar surface area (TPSA) is 50.9 Å². The van der Waals surface area contributed by atoms with Gasteiger partial charge in [0.1, 0.15) is 0 Å². The molecule has 0 aromatic carbocycles. The molecule has 0 amide bonds. The van der Waals surface area contributed by atoms with E-state index in [1.807, 2.05) is 11.4 Å². The van der Waals surface area contributed by atoms with Gasteiger partial charge in [-0.05, 0) is 30.4 Å². The fourth-order valence-corrected chi connectivity index (χ4v) is 2.54. The lowest BCUT2D eigenvalue weighted by molar-refractivity contribution is 1.03. The standard InChI is InChI=1S/C10H13N3S/c1-3-7-6(2)9(13-11)10-8(12-7)4-5-14-10/h4-5H,3,11H2,1-2H3,(H,12,13). The van der Waals surface area contributed by atoms with Crippen molar-refractivity contribution in [2.24, 2.45) is 5.84 Å². The van der Waals surface area contributed by atoms with Crippen molar-refractivity contribution in [3.63, 3.8) is 0 Å². The number of nitrogens with zero attached hydrogens (tertiary/aromatic N) is 1. The Bertz CT molecular complexity index is 462. The van der Waals surface area contributed by atoms with Gasteiger partial charge in [0.05, 0.1) is 15.9 Å². The molecule has 2 rings (SSSR count). The van der Waals surface area contributed by atoms with Crippen molar-refractivity contribution in [3.05, 3.63) is 22.7 Å². The highest BCUT2D eigenvalue weighted by Gasteiger charge is 2.10. The zero-order chi connectivity index (χ0) is 10.1. The van der Waals surface area contributed by atoms with Gasteiger partial charge in [-0.25, -0.2) is 0 Å². The van der Waals surface area contributed by atoms with Gasteiger partial charge < -0.3 is 5.43 Å². The lowest BCUT2D eigenvalue weighted by Gasteiger charge is -2.09. The summed E-state index contributed by atoms with van der Waals surface area (Å²) in [5.41, 5.74) is 7.09. The number of aryl methyl sites for hydroxylation is 1. The highest BCUT2D eigenvalue weighted by molar-refractivity contribution is 7.17. The van der Waals surface area contributed by atoms with Gasteiger partial charge in [-0.1, -0.05) is 6.92 Å². The number of nitrogens with one attached hydrogen (secondary N) is 1. The molecule has 0 saturated heterocycles. The van der Waals surface area contributed by atoms with Crippen LogP contribution in [0.5, 0.6) is 0 Å². The van der Waals surface area contributed by atoms with E-state index < -0.39 is 0 Å². The van der Waals surface area contributed by atoms with Crippen LogP contribution in [0.4, 0.5) is 5.69 Å². The summed E-state index contributed by atoms with van der Waals surface area (Å²) in [6.45, 7) is 4.16. The third-order valence-corrected chi connectivity index (χ3v) is 3.34. The first-order chi connectivity index (χ1) is 6.77. The average Bonchev–Trinajstić information content (AvgIpc) is 2.64. The second-order valence-corrected chi connectivity index (χ2v) is 4.11. The van der Waals surface area contributed by atoms with Crippen molar-refractivity contribution < 1.29 is 0 Å². The summed E-state index contributed by atoms with van der Waals surface area (Å²) in [5, 5.41) is 2.04. The molecule has 0 aliphatic rings. The van der Waals surface area contributed by atoms with E-state index in [1.54, 1.807) is 11.3 Å². The van der Waals surface area contributed by atoms with E-state index in [1.165, 1.54) is 0 Å². The number of nitrogens with two attached hydrogens (primary N) is 1. The molecule has 2 heterocycles. The molecule has 0 aliphatic heterocycles. The maximum absolute atomic E-state index is 5.53. The van der Waals surface area contributed by atoms with Crippen molar-refractivity contribution in [2.75, 3.05) is 5.43 Å². The minimum atomic E-state index is 0.937. The smallest absolute Gasteiger partial charge is 0.0834 e. The van der Waals surface area contributed by atoms with Crippen LogP contribution in [0.25, 0.3) is 10.2 Å². The zero-order valence-corrected chi connectivity index (χ0v) is 9.11. The number of hydrogen-bond acceptors (Lipinski definition) is 4. The monoisotopic (exact) mass is 207 g/mol. The summed E-state index contributed by atoms with van der Waals surface area (Å²) in [6.07, 6.45) is 0.937. The van der Waals surface area contributed by atoms with Crippen LogP contribution in [0.15, 0.2) is 11.4 Å². The molecule has 0 fully saturated rings. The number of hydrazine groups is 1. The molecule has 4 heteroatoms. The Hall–Kier alpha value is -1.13. The third-order valence-electron chi connectivity index (χ3n) is 2.41. The molecule has 2 aromatic heterocycles. The molecule has 0 atom stereocenters. The molecule has 0 spiro atoms. The molecule has 74 valence electrons. The van der Waals surface area contributed by atoms with Gasteiger partial charge in [0.2, 0.25) is 0 Å². The number of nitrogen functional groups attached to an aromatic ring is 1. The normalized spacial score (nSPS) is 10.8. The van der Waals surface area contributed by atoms with Crippen molar-refractivity contribution in [2.45, 2.75) is 20.3 Å². The molecule has 0 aliphatic carbocycles. The first kappa shape index (κ1) is 9.43. The number of hydrogen-bond donors (Lipinski definition) is 2. The highest BCUT2D eigenvalue weighted by atomic mass is 32.1. The van der Waals surface area contributed by atoms with E-state index in [-0.39, 0.29) is 0 Å². The van der Waals surface area contributed by atoms with Crippen molar-refractivity contribution in [3.8, 4) is 0 Å². The van der Waals surface area contributed by atoms with Crippen molar-refractivity contribution in [1.29, 1.82) is 0 Å². The second-order valence-electron chi connectivity index (χ2n) is 3.19. The zero-order valence-electron chi connectivity index (χ0n) is 8.29. The number of aromatic nitrogens is 1. The van der Waals surface area contributed by atoms with E-state index in [0.29, 0.717) is 0 Å². The number of fused-ring (bicyclic) bond motifs is 1. The summed E-state index contributed by atoms with van der Waals surface area (Å²) >= 11 is 1.67. The van der Waals surface area contributed by atoms with E-state index in [4.69, 9.17) is 5.84 Å². The van der Waals surface area contributed by atoms with Crippen LogP contribution < -0.4 is 11.3 Å². The Morgan fingerprint density at radius 2 is 2.36 bits per heavy atom. The number of thiophene rings is 1. The van der Waals surface area contributed by atoms with Crippen LogP contribution in [0.3, 0.4) is 0 Å². The Kier molecular flexibility index (Phi) is 2.39. The summed E-state index contributed by atoms with van der Waals surface area (Å²) in [5.74, 6) is 5.53. The van der Waals surface area contributed by atoms with Crippen LogP contribution in [-0.4, -0.2) is 4.98 Å². The molecule has 2 aromatic rings. The largest absolute Gasteiger partial charge is 0.322 e. The molecular formula is C10H13N3S. The molecule has 3 nitrogen and oxygen atoms in total. The Balaban J connectivity index is 2.80.